The molecule has 4 rings (SSSR count). The number of aromatic nitrogens is 2. The molecule has 5 heteroatoms. The topological polar surface area (TPSA) is 38.2 Å². The number of hydrogen-bond donors (Lipinski definition) is 0. The van der Waals surface area contributed by atoms with Crippen LogP contribution < -0.4 is 4.90 Å². The van der Waals surface area contributed by atoms with E-state index in [1.54, 1.807) is 0 Å². The van der Waals surface area contributed by atoms with Crippen LogP contribution in [0.1, 0.15) is 25.0 Å². The largest absolute Gasteiger partial charge is 0.372 e. The fourth-order valence-electron chi connectivity index (χ4n) is 3.24. The van der Waals surface area contributed by atoms with Crippen molar-refractivity contribution in [3.05, 3.63) is 53.7 Å². The van der Waals surface area contributed by atoms with E-state index in [2.05, 4.69) is 53.5 Å². The summed E-state index contributed by atoms with van der Waals surface area (Å²) in [6, 6.07) is 12.4. The molecule has 0 saturated carbocycles. The minimum absolute atomic E-state index is 0.231. The van der Waals surface area contributed by atoms with Crippen molar-refractivity contribution in [1.82, 2.24) is 9.36 Å². The molecule has 2 atom stereocenters. The van der Waals surface area contributed by atoms with Gasteiger partial charge in [0.25, 0.3) is 0 Å². The molecule has 0 spiro atoms. The summed E-state index contributed by atoms with van der Waals surface area (Å²) in [6.07, 6.45) is 6.57. The summed E-state index contributed by atoms with van der Waals surface area (Å²) in [5.74, 6) is 0. The van der Waals surface area contributed by atoms with E-state index in [4.69, 9.17) is 9.72 Å². The van der Waals surface area contributed by atoms with E-state index in [1.807, 2.05) is 24.4 Å². The van der Waals surface area contributed by atoms with Gasteiger partial charge in [-0.25, -0.2) is 0 Å². The van der Waals surface area contributed by atoms with Crippen molar-refractivity contribution in [2.24, 2.45) is 0 Å². The summed E-state index contributed by atoms with van der Waals surface area (Å²) in [5.41, 5.74) is 4.19. The van der Waals surface area contributed by atoms with Crippen molar-refractivity contribution < 1.29 is 4.74 Å². The van der Waals surface area contributed by atoms with Crippen LogP contribution >= 0.6 is 11.5 Å². The van der Waals surface area contributed by atoms with Crippen LogP contribution in [0.15, 0.2) is 42.6 Å². The molecule has 1 saturated heterocycles. The molecule has 0 unspecified atom stereocenters. The normalized spacial score (nSPS) is 21.3. The van der Waals surface area contributed by atoms with Crippen LogP contribution in [0.2, 0.25) is 0 Å². The van der Waals surface area contributed by atoms with E-state index in [9.17, 15) is 0 Å². The number of anilines is 1. The van der Waals surface area contributed by atoms with Crippen LogP contribution in [0.4, 0.5) is 5.00 Å². The van der Waals surface area contributed by atoms with Gasteiger partial charge in [0.1, 0.15) is 16.0 Å². The Bertz CT molecular complexity index is 880. The van der Waals surface area contributed by atoms with E-state index in [0.717, 1.165) is 34.7 Å². The summed E-state index contributed by atoms with van der Waals surface area (Å²) in [4.78, 5) is 7.05. The Morgan fingerprint density at radius 2 is 1.80 bits per heavy atom. The number of rotatable bonds is 3. The molecular weight excluding hydrogens is 330 g/mol. The number of fused-ring (bicyclic) bond motifs is 1. The molecule has 0 N–H and O–H groups in total. The van der Waals surface area contributed by atoms with Crippen LogP contribution in [-0.4, -0.2) is 34.7 Å². The third-order valence-electron chi connectivity index (χ3n) is 4.30. The maximum Gasteiger partial charge on any atom is 0.138 e. The molecule has 1 aliphatic rings. The van der Waals surface area contributed by atoms with Gasteiger partial charge in [0.15, 0.2) is 0 Å². The number of benzene rings is 1. The SMILES string of the molecule is C[C@@H]1CN(c2snc3cc(/C=C/c4ccccc4)cnc23)C[C@H](C)O1. The summed E-state index contributed by atoms with van der Waals surface area (Å²) in [5, 5.41) is 1.15. The molecule has 0 bridgehead atoms. The Hall–Kier alpha value is -2.24. The standard InChI is InChI=1S/C20H21N3OS/c1-14-12-23(13-15(2)24-14)20-19-18(22-25-20)10-17(11-21-19)9-8-16-6-4-3-5-7-16/h3-11,14-15H,12-13H2,1-2H3/b9-8+/t14-,15+. The zero-order chi connectivity index (χ0) is 17.2. The minimum Gasteiger partial charge on any atom is -0.372 e. The minimum atomic E-state index is 0.231. The Labute approximate surface area is 151 Å². The van der Waals surface area contributed by atoms with Gasteiger partial charge in [-0.05, 0) is 42.6 Å². The van der Waals surface area contributed by atoms with Gasteiger partial charge in [-0.15, -0.1) is 0 Å². The average molecular weight is 351 g/mol. The van der Waals surface area contributed by atoms with Crippen molar-refractivity contribution in [3.8, 4) is 0 Å². The lowest BCUT2D eigenvalue weighted by molar-refractivity contribution is -0.00494. The molecular formula is C20H21N3OS. The lowest BCUT2D eigenvalue weighted by Crippen LogP contribution is -2.45. The Morgan fingerprint density at radius 1 is 1.08 bits per heavy atom. The van der Waals surface area contributed by atoms with Crippen LogP contribution in [0.3, 0.4) is 0 Å². The molecule has 0 radical (unpaired) electrons. The van der Waals surface area contributed by atoms with Crippen molar-refractivity contribution in [3.63, 3.8) is 0 Å². The summed E-state index contributed by atoms with van der Waals surface area (Å²) >= 11 is 1.53. The molecule has 1 aliphatic heterocycles. The molecule has 2 aromatic heterocycles. The van der Waals surface area contributed by atoms with Crippen molar-refractivity contribution in [2.75, 3.05) is 18.0 Å². The summed E-state index contributed by atoms with van der Waals surface area (Å²) in [7, 11) is 0. The lowest BCUT2D eigenvalue weighted by Gasteiger charge is -2.35. The maximum atomic E-state index is 5.83. The quantitative estimate of drug-likeness (QED) is 0.697. The summed E-state index contributed by atoms with van der Waals surface area (Å²) < 4.78 is 10.5. The highest BCUT2D eigenvalue weighted by molar-refractivity contribution is 7.11. The predicted molar refractivity (Wildman–Crippen MR) is 105 cm³/mol. The highest BCUT2D eigenvalue weighted by Crippen LogP contribution is 2.32. The van der Waals surface area contributed by atoms with Crippen LogP contribution in [0.25, 0.3) is 23.2 Å². The molecule has 3 heterocycles. The van der Waals surface area contributed by atoms with Crippen LogP contribution in [0, 0.1) is 0 Å². The predicted octanol–water partition coefficient (Wildman–Crippen LogP) is 4.48. The third-order valence-corrected chi connectivity index (χ3v) is 5.21. The fourth-order valence-corrected chi connectivity index (χ4v) is 4.07. The van der Waals surface area contributed by atoms with Gasteiger partial charge in [-0.3, -0.25) is 4.98 Å². The Morgan fingerprint density at radius 3 is 2.56 bits per heavy atom. The van der Waals surface area contributed by atoms with E-state index in [-0.39, 0.29) is 12.2 Å². The van der Waals surface area contributed by atoms with Gasteiger partial charge in [0, 0.05) is 19.3 Å². The second kappa shape index (κ2) is 6.94. The molecule has 25 heavy (non-hydrogen) atoms. The lowest BCUT2D eigenvalue weighted by atomic mass is 10.1. The Kier molecular flexibility index (Phi) is 4.51. The van der Waals surface area contributed by atoms with Gasteiger partial charge in [0.2, 0.25) is 0 Å². The number of morpholine rings is 1. The van der Waals surface area contributed by atoms with Gasteiger partial charge >= 0.3 is 0 Å². The van der Waals surface area contributed by atoms with E-state index < -0.39 is 0 Å². The van der Waals surface area contributed by atoms with Crippen molar-refractivity contribution >= 4 is 39.7 Å². The number of ether oxygens (including phenoxy) is 1. The average Bonchev–Trinajstić information content (AvgIpc) is 3.03. The first-order valence-electron chi connectivity index (χ1n) is 8.58. The molecule has 128 valence electrons. The highest BCUT2D eigenvalue weighted by atomic mass is 32.1. The highest BCUT2D eigenvalue weighted by Gasteiger charge is 2.25. The molecule has 4 nitrogen and oxygen atoms in total. The van der Waals surface area contributed by atoms with Crippen molar-refractivity contribution in [1.29, 1.82) is 0 Å². The van der Waals surface area contributed by atoms with Crippen molar-refractivity contribution in [2.45, 2.75) is 26.1 Å². The van der Waals surface area contributed by atoms with E-state index >= 15 is 0 Å². The van der Waals surface area contributed by atoms with Gasteiger partial charge in [0.05, 0.1) is 12.2 Å². The number of pyridine rings is 1. The molecule has 3 aromatic rings. The van der Waals surface area contributed by atoms with Gasteiger partial charge in [-0.2, -0.15) is 4.37 Å². The monoisotopic (exact) mass is 351 g/mol. The van der Waals surface area contributed by atoms with E-state index in [1.165, 1.54) is 17.1 Å². The first-order chi connectivity index (χ1) is 12.2. The van der Waals surface area contributed by atoms with Crippen LogP contribution in [0.5, 0.6) is 0 Å². The Balaban J connectivity index is 1.60. The molecule has 0 aliphatic carbocycles. The second-order valence-corrected chi connectivity index (χ2v) is 7.28. The number of nitrogens with zero attached hydrogens (tertiary/aromatic N) is 3. The first kappa shape index (κ1) is 16.2. The molecule has 0 amide bonds. The fraction of sp³-hybridized carbons (Fsp3) is 0.300. The zero-order valence-corrected chi connectivity index (χ0v) is 15.2. The third kappa shape index (κ3) is 3.57. The van der Waals surface area contributed by atoms with Gasteiger partial charge in [-0.1, -0.05) is 42.5 Å². The molecule has 1 fully saturated rings. The van der Waals surface area contributed by atoms with Gasteiger partial charge < -0.3 is 9.64 Å². The number of hydrogen-bond acceptors (Lipinski definition) is 5. The first-order valence-corrected chi connectivity index (χ1v) is 9.35. The smallest absolute Gasteiger partial charge is 0.138 e. The molecule has 1 aromatic carbocycles. The summed E-state index contributed by atoms with van der Waals surface area (Å²) in [6.45, 7) is 6.01. The van der Waals surface area contributed by atoms with E-state index in [0.29, 0.717) is 0 Å². The zero-order valence-electron chi connectivity index (χ0n) is 14.4. The van der Waals surface area contributed by atoms with Crippen LogP contribution in [-0.2, 0) is 4.74 Å². The maximum absolute atomic E-state index is 5.83. The second-order valence-electron chi connectivity index (χ2n) is 6.53.